The molecule has 0 saturated heterocycles. The van der Waals surface area contributed by atoms with Crippen LogP contribution in [-0.4, -0.2) is 20.7 Å². The van der Waals surface area contributed by atoms with Gasteiger partial charge in [0.15, 0.2) is 5.16 Å². The molecule has 1 heterocycles. The summed E-state index contributed by atoms with van der Waals surface area (Å²) in [5.74, 6) is 0.0278. The second-order valence-corrected chi connectivity index (χ2v) is 8.75. The number of aryl methyl sites for hydroxylation is 3. The van der Waals surface area contributed by atoms with E-state index >= 15 is 0 Å². The van der Waals surface area contributed by atoms with Crippen molar-refractivity contribution in [3.05, 3.63) is 40.7 Å². The van der Waals surface area contributed by atoms with Crippen LogP contribution in [0.1, 0.15) is 61.2 Å². The normalized spacial score (nSPS) is 16.0. The molecule has 0 bridgehead atoms. The molecule has 0 radical (unpaired) electrons. The zero-order chi connectivity index (χ0) is 18.8. The quantitative estimate of drug-likeness (QED) is 0.721. The second-order valence-electron chi connectivity index (χ2n) is 7.44. The summed E-state index contributed by atoms with van der Waals surface area (Å²) >= 11 is 1.57. The van der Waals surface area contributed by atoms with E-state index in [1.165, 1.54) is 31.4 Å². The number of hydrogen-bond donors (Lipinski definition) is 1. The number of hydrogen-bond acceptors (Lipinski definition) is 3. The second kappa shape index (κ2) is 7.87. The third-order valence-electron chi connectivity index (χ3n) is 5.35. The van der Waals surface area contributed by atoms with Gasteiger partial charge in [-0.15, -0.1) is 0 Å². The van der Waals surface area contributed by atoms with Gasteiger partial charge in [0.25, 0.3) is 0 Å². The first-order valence-electron chi connectivity index (χ1n) is 9.47. The summed E-state index contributed by atoms with van der Waals surface area (Å²) in [6.45, 7) is 10.2. The summed E-state index contributed by atoms with van der Waals surface area (Å²) in [5, 5.41) is 3.87. The number of anilines is 1. The predicted molar refractivity (Wildman–Crippen MR) is 109 cm³/mol. The number of rotatable bonds is 5. The number of imidazole rings is 1. The van der Waals surface area contributed by atoms with Crippen LogP contribution in [0.4, 0.5) is 5.69 Å². The Kier molecular flexibility index (Phi) is 5.76. The third-order valence-corrected chi connectivity index (χ3v) is 6.41. The minimum Gasteiger partial charge on any atom is -0.325 e. The average molecular weight is 372 g/mol. The molecule has 4 nitrogen and oxygen atoms in total. The molecular weight excluding hydrogens is 342 g/mol. The Balaban J connectivity index is 1.75. The van der Waals surface area contributed by atoms with Crippen LogP contribution in [0.3, 0.4) is 0 Å². The fourth-order valence-electron chi connectivity index (χ4n) is 3.59. The molecular formula is C21H29N3OS. The van der Waals surface area contributed by atoms with E-state index in [9.17, 15) is 4.79 Å². The lowest BCUT2D eigenvalue weighted by atomic mass is 10.1. The van der Waals surface area contributed by atoms with Gasteiger partial charge < -0.3 is 9.88 Å². The van der Waals surface area contributed by atoms with Crippen LogP contribution in [0, 0.1) is 27.7 Å². The highest BCUT2D eigenvalue weighted by Gasteiger charge is 2.26. The maximum Gasteiger partial charge on any atom is 0.237 e. The fraction of sp³-hybridized carbons (Fsp3) is 0.524. The van der Waals surface area contributed by atoms with Gasteiger partial charge in [-0.2, -0.15) is 0 Å². The highest BCUT2D eigenvalue weighted by Crippen LogP contribution is 2.36. The standard InChI is InChI=1S/C21H29N3OS/c1-13-10-11-14(2)19(12-13)23-20(25)17(5)26-21-22-15(3)16(4)24(21)18-8-6-7-9-18/h10-12,17-18H,6-9H2,1-5H3,(H,23,25). The number of carbonyl (C=O) groups excluding carboxylic acids is 1. The zero-order valence-corrected chi connectivity index (χ0v) is 17.2. The molecule has 140 valence electrons. The molecule has 0 aliphatic heterocycles. The van der Waals surface area contributed by atoms with Gasteiger partial charge in [-0.3, -0.25) is 4.79 Å². The van der Waals surface area contributed by atoms with Gasteiger partial charge >= 0.3 is 0 Å². The summed E-state index contributed by atoms with van der Waals surface area (Å²) < 4.78 is 2.37. The maximum atomic E-state index is 12.7. The molecule has 1 fully saturated rings. The average Bonchev–Trinajstić information content (AvgIpc) is 3.20. The highest BCUT2D eigenvalue weighted by molar-refractivity contribution is 8.00. The lowest BCUT2D eigenvalue weighted by Gasteiger charge is -2.19. The predicted octanol–water partition coefficient (Wildman–Crippen LogP) is 5.35. The van der Waals surface area contributed by atoms with Crippen LogP contribution in [0.5, 0.6) is 0 Å². The minimum atomic E-state index is -0.198. The van der Waals surface area contributed by atoms with E-state index in [1.807, 2.05) is 32.9 Å². The number of nitrogens with zero attached hydrogens (tertiary/aromatic N) is 2. The Bertz CT molecular complexity index is 806. The molecule has 1 aromatic carbocycles. The molecule has 0 spiro atoms. The summed E-state index contributed by atoms with van der Waals surface area (Å²) in [7, 11) is 0. The van der Waals surface area contributed by atoms with Crippen molar-refractivity contribution in [2.24, 2.45) is 0 Å². The molecule has 1 aromatic heterocycles. The van der Waals surface area contributed by atoms with Gasteiger partial charge in [-0.05, 0) is 64.7 Å². The van der Waals surface area contributed by atoms with Crippen molar-refractivity contribution in [3.63, 3.8) is 0 Å². The first-order chi connectivity index (χ1) is 12.4. The largest absolute Gasteiger partial charge is 0.325 e. The van der Waals surface area contributed by atoms with Crippen molar-refractivity contribution in [2.45, 2.75) is 76.8 Å². The highest BCUT2D eigenvalue weighted by atomic mass is 32.2. The lowest BCUT2D eigenvalue weighted by Crippen LogP contribution is -2.23. The van der Waals surface area contributed by atoms with Crippen LogP contribution in [0.25, 0.3) is 0 Å². The van der Waals surface area contributed by atoms with Crippen molar-refractivity contribution < 1.29 is 4.79 Å². The molecule has 2 aromatic rings. The Morgan fingerprint density at radius 1 is 1.23 bits per heavy atom. The molecule has 26 heavy (non-hydrogen) atoms. The molecule has 5 heteroatoms. The zero-order valence-electron chi connectivity index (χ0n) is 16.4. The molecule has 1 aliphatic carbocycles. The SMILES string of the molecule is Cc1ccc(C)c(NC(=O)C(C)Sc2nc(C)c(C)n2C2CCCC2)c1. The van der Waals surface area contributed by atoms with Gasteiger partial charge in [-0.25, -0.2) is 4.98 Å². The molecule has 1 atom stereocenters. The number of thioether (sulfide) groups is 1. The van der Waals surface area contributed by atoms with Crippen molar-refractivity contribution in [1.82, 2.24) is 9.55 Å². The number of benzene rings is 1. The van der Waals surface area contributed by atoms with Crippen LogP contribution >= 0.6 is 11.8 Å². The first-order valence-corrected chi connectivity index (χ1v) is 10.3. The van der Waals surface area contributed by atoms with Gasteiger partial charge in [-0.1, -0.05) is 36.7 Å². The Labute approximate surface area is 160 Å². The number of aromatic nitrogens is 2. The smallest absolute Gasteiger partial charge is 0.237 e. The molecule has 1 N–H and O–H groups in total. The topological polar surface area (TPSA) is 46.9 Å². The summed E-state index contributed by atoms with van der Waals surface area (Å²) in [4.78, 5) is 17.5. The van der Waals surface area contributed by atoms with E-state index in [4.69, 9.17) is 4.98 Å². The number of amides is 1. The molecule has 1 saturated carbocycles. The summed E-state index contributed by atoms with van der Waals surface area (Å²) in [6.07, 6.45) is 5.00. The maximum absolute atomic E-state index is 12.7. The molecule has 1 unspecified atom stereocenters. The summed E-state index contributed by atoms with van der Waals surface area (Å²) in [6, 6.07) is 6.67. The Morgan fingerprint density at radius 2 is 1.92 bits per heavy atom. The molecule has 3 rings (SSSR count). The monoisotopic (exact) mass is 371 g/mol. The summed E-state index contributed by atoms with van der Waals surface area (Å²) in [5.41, 5.74) is 5.44. The van der Waals surface area contributed by atoms with Crippen molar-refractivity contribution in [3.8, 4) is 0 Å². The van der Waals surface area contributed by atoms with Crippen molar-refractivity contribution >= 4 is 23.4 Å². The van der Waals surface area contributed by atoms with Crippen LogP contribution < -0.4 is 5.32 Å². The Hall–Kier alpha value is -1.75. The van der Waals surface area contributed by atoms with E-state index in [-0.39, 0.29) is 11.2 Å². The number of nitrogens with one attached hydrogen (secondary N) is 1. The minimum absolute atomic E-state index is 0.0278. The van der Waals surface area contributed by atoms with E-state index in [2.05, 4.69) is 29.8 Å². The van der Waals surface area contributed by atoms with Gasteiger partial charge in [0.1, 0.15) is 0 Å². The van der Waals surface area contributed by atoms with E-state index in [0.717, 1.165) is 27.7 Å². The van der Waals surface area contributed by atoms with Crippen LogP contribution in [-0.2, 0) is 4.79 Å². The van der Waals surface area contributed by atoms with Gasteiger partial charge in [0.2, 0.25) is 5.91 Å². The molecule has 1 aliphatic rings. The van der Waals surface area contributed by atoms with E-state index in [1.54, 1.807) is 11.8 Å². The third kappa shape index (κ3) is 3.98. The van der Waals surface area contributed by atoms with Gasteiger partial charge in [0.05, 0.1) is 10.9 Å². The van der Waals surface area contributed by atoms with Crippen molar-refractivity contribution in [1.29, 1.82) is 0 Å². The lowest BCUT2D eigenvalue weighted by molar-refractivity contribution is -0.115. The number of carbonyl (C=O) groups is 1. The van der Waals surface area contributed by atoms with Crippen molar-refractivity contribution in [2.75, 3.05) is 5.32 Å². The first kappa shape index (κ1) is 19.0. The van der Waals surface area contributed by atoms with Crippen LogP contribution in [0.15, 0.2) is 23.4 Å². The van der Waals surface area contributed by atoms with Gasteiger partial charge in [0, 0.05) is 17.4 Å². The molecule has 1 amide bonds. The van der Waals surface area contributed by atoms with E-state index < -0.39 is 0 Å². The Morgan fingerprint density at radius 3 is 2.62 bits per heavy atom. The van der Waals surface area contributed by atoms with E-state index in [0.29, 0.717) is 6.04 Å². The van der Waals surface area contributed by atoms with Crippen LogP contribution in [0.2, 0.25) is 0 Å². The fourth-order valence-corrected chi connectivity index (χ4v) is 4.66.